The number of nitrogens with zero attached hydrogens (tertiary/aromatic N) is 2. The standard InChI is InChI=1S/C32H38FN3O4/c1-20-7-5-8-25(30(20)40-18-22-15-23-11-13-34-14-12-24(23)26(33)16-22)27-9-6-10-29(35-27)36-17-21(2)32(3,31(37)38)28(36)19-39-4/h5-10,15-16,21,28,34H,11-14,17-19H2,1-4H3,(H,37,38)/t21-,28+,32+/m0/s1. The van der Waals surface area contributed by atoms with E-state index in [-0.39, 0.29) is 31.0 Å². The summed E-state index contributed by atoms with van der Waals surface area (Å²) in [5, 5.41) is 13.4. The van der Waals surface area contributed by atoms with E-state index in [1.807, 2.05) is 50.2 Å². The highest BCUT2D eigenvalue weighted by molar-refractivity contribution is 5.78. The number of methoxy groups -OCH3 is 1. The van der Waals surface area contributed by atoms with Gasteiger partial charge in [0.15, 0.2) is 0 Å². The van der Waals surface area contributed by atoms with Crippen LogP contribution in [-0.2, 0) is 29.0 Å². The van der Waals surface area contributed by atoms with Crippen LogP contribution in [0.4, 0.5) is 10.2 Å². The van der Waals surface area contributed by atoms with Gasteiger partial charge in [-0.25, -0.2) is 9.37 Å². The van der Waals surface area contributed by atoms with Gasteiger partial charge in [0.25, 0.3) is 0 Å². The minimum Gasteiger partial charge on any atom is -0.488 e. The van der Waals surface area contributed by atoms with Crippen molar-refractivity contribution in [3.05, 3.63) is 76.6 Å². The molecule has 3 aromatic rings. The van der Waals surface area contributed by atoms with E-state index < -0.39 is 11.4 Å². The second-order valence-corrected chi connectivity index (χ2v) is 11.2. The molecule has 1 fully saturated rings. The number of para-hydroxylation sites is 1. The van der Waals surface area contributed by atoms with Crippen molar-refractivity contribution < 1.29 is 23.8 Å². The molecule has 3 atom stereocenters. The number of hydrogen-bond acceptors (Lipinski definition) is 6. The number of rotatable bonds is 8. The van der Waals surface area contributed by atoms with Crippen LogP contribution in [-0.4, -0.2) is 55.5 Å². The fourth-order valence-electron chi connectivity index (χ4n) is 6.13. The van der Waals surface area contributed by atoms with Gasteiger partial charge in [0.05, 0.1) is 23.8 Å². The van der Waals surface area contributed by atoms with E-state index in [1.54, 1.807) is 20.1 Å². The fourth-order valence-corrected chi connectivity index (χ4v) is 6.13. The maximum absolute atomic E-state index is 14.9. The highest BCUT2D eigenvalue weighted by Gasteiger charge is 2.54. The summed E-state index contributed by atoms with van der Waals surface area (Å²) in [5.41, 5.74) is 4.19. The first kappa shape index (κ1) is 28.1. The molecule has 2 aliphatic rings. The molecule has 212 valence electrons. The van der Waals surface area contributed by atoms with E-state index in [4.69, 9.17) is 14.5 Å². The molecule has 2 aromatic carbocycles. The zero-order valence-corrected chi connectivity index (χ0v) is 23.7. The Bertz CT molecular complexity index is 1400. The highest BCUT2D eigenvalue weighted by atomic mass is 19.1. The summed E-state index contributed by atoms with van der Waals surface area (Å²) in [6.45, 7) is 8.46. The van der Waals surface area contributed by atoms with E-state index in [0.29, 0.717) is 24.5 Å². The number of aromatic nitrogens is 1. The molecular formula is C32H38FN3O4. The van der Waals surface area contributed by atoms with E-state index in [1.165, 1.54) is 0 Å². The molecule has 0 radical (unpaired) electrons. The van der Waals surface area contributed by atoms with Crippen LogP contribution in [0.1, 0.15) is 36.1 Å². The molecule has 0 spiro atoms. The Morgan fingerprint density at radius 3 is 2.75 bits per heavy atom. The third-order valence-electron chi connectivity index (χ3n) is 8.72. The molecule has 0 bridgehead atoms. The number of carbonyl (C=O) groups is 1. The molecule has 40 heavy (non-hydrogen) atoms. The van der Waals surface area contributed by atoms with Crippen LogP contribution < -0.4 is 15.0 Å². The monoisotopic (exact) mass is 547 g/mol. The zero-order valence-electron chi connectivity index (χ0n) is 23.7. The van der Waals surface area contributed by atoms with Crippen LogP contribution in [0, 0.1) is 24.1 Å². The normalized spacial score (nSPS) is 22.6. The third-order valence-corrected chi connectivity index (χ3v) is 8.72. The molecule has 0 amide bonds. The number of aliphatic carboxylic acids is 1. The number of halogens is 1. The first-order valence-corrected chi connectivity index (χ1v) is 13.9. The maximum atomic E-state index is 14.9. The molecular weight excluding hydrogens is 509 g/mol. The van der Waals surface area contributed by atoms with Gasteiger partial charge in [0.2, 0.25) is 0 Å². The van der Waals surface area contributed by atoms with Crippen molar-refractivity contribution >= 4 is 11.8 Å². The van der Waals surface area contributed by atoms with Crippen LogP contribution in [0.2, 0.25) is 0 Å². The number of ether oxygens (including phenoxy) is 2. The molecule has 0 saturated carbocycles. The fraction of sp³-hybridized carbons (Fsp3) is 0.438. The van der Waals surface area contributed by atoms with E-state index in [2.05, 4.69) is 16.3 Å². The van der Waals surface area contributed by atoms with Crippen LogP contribution >= 0.6 is 0 Å². The number of carboxylic acids is 1. The number of pyridine rings is 1. The van der Waals surface area contributed by atoms with Crippen molar-refractivity contribution in [3.63, 3.8) is 0 Å². The summed E-state index contributed by atoms with van der Waals surface area (Å²) < 4.78 is 26.7. The molecule has 0 unspecified atom stereocenters. The number of anilines is 1. The second kappa shape index (κ2) is 11.6. The maximum Gasteiger partial charge on any atom is 0.311 e. The molecule has 5 rings (SSSR count). The van der Waals surface area contributed by atoms with Gasteiger partial charge in [-0.1, -0.05) is 31.2 Å². The van der Waals surface area contributed by atoms with Crippen molar-refractivity contribution in [2.24, 2.45) is 11.3 Å². The quantitative estimate of drug-likeness (QED) is 0.410. The molecule has 0 aliphatic carbocycles. The number of benzene rings is 2. The van der Waals surface area contributed by atoms with Gasteiger partial charge in [-0.15, -0.1) is 0 Å². The van der Waals surface area contributed by atoms with Crippen LogP contribution in [0.15, 0.2) is 48.5 Å². The minimum atomic E-state index is -0.968. The predicted octanol–water partition coefficient (Wildman–Crippen LogP) is 5.03. The van der Waals surface area contributed by atoms with E-state index in [0.717, 1.165) is 53.0 Å². The lowest BCUT2D eigenvalue weighted by Crippen LogP contribution is -2.47. The van der Waals surface area contributed by atoms with E-state index >= 15 is 0 Å². The van der Waals surface area contributed by atoms with Gasteiger partial charge in [0, 0.05) is 19.2 Å². The summed E-state index contributed by atoms with van der Waals surface area (Å²) in [6, 6.07) is 15.0. The van der Waals surface area contributed by atoms with E-state index in [9.17, 15) is 14.3 Å². The minimum absolute atomic E-state index is 0.0921. The van der Waals surface area contributed by atoms with Gasteiger partial charge >= 0.3 is 5.97 Å². The van der Waals surface area contributed by atoms with Crippen LogP contribution in [0.25, 0.3) is 11.3 Å². The average molecular weight is 548 g/mol. The van der Waals surface area contributed by atoms with Crippen molar-refractivity contribution in [2.45, 2.75) is 46.3 Å². The van der Waals surface area contributed by atoms with Crippen LogP contribution in [0.3, 0.4) is 0 Å². The summed E-state index contributed by atoms with van der Waals surface area (Å²) >= 11 is 0. The first-order valence-electron chi connectivity index (χ1n) is 13.9. The number of carboxylic acid groups (broad SMARTS) is 1. The summed E-state index contributed by atoms with van der Waals surface area (Å²) in [7, 11) is 1.59. The van der Waals surface area contributed by atoms with Crippen molar-refractivity contribution in [1.29, 1.82) is 0 Å². The highest BCUT2D eigenvalue weighted by Crippen LogP contribution is 2.44. The molecule has 7 nitrogen and oxygen atoms in total. The smallest absolute Gasteiger partial charge is 0.311 e. The first-order chi connectivity index (χ1) is 19.2. The third kappa shape index (κ3) is 5.18. The summed E-state index contributed by atoms with van der Waals surface area (Å²) in [6.07, 6.45) is 1.49. The Morgan fingerprint density at radius 1 is 1.20 bits per heavy atom. The van der Waals surface area contributed by atoms with Gasteiger partial charge in [-0.3, -0.25) is 4.79 Å². The molecule has 1 saturated heterocycles. The SMILES string of the molecule is COC[C@H]1N(c2cccc(-c3cccc(C)c3OCc3cc(F)c4c(c3)CCNCC4)n2)C[C@H](C)[C@@]1(C)C(=O)O. The second-order valence-electron chi connectivity index (χ2n) is 11.2. The molecule has 8 heteroatoms. The summed E-state index contributed by atoms with van der Waals surface area (Å²) in [4.78, 5) is 19.4. The number of nitrogens with one attached hydrogen (secondary N) is 1. The lowest BCUT2D eigenvalue weighted by atomic mass is 9.76. The Labute approximate surface area is 235 Å². The Hall–Kier alpha value is -3.49. The molecule has 2 N–H and O–H groups in total. The van der Waals surface area contributed by atoms with Gasteiger partial charge in [-0.05, 0) is 92.2 Å². The number of aryl methyl sites for hydroxylation is 1. The van der Waals surface area contributed by atoms with Crippen molar-refractivity contribution in [2.75, 3.05) is 38.3 Å². The van der Waals surface area contributed by atoms with Gasteiger partial charge in [-0.2, -0.15) is 0 Å². The van der Waals surface area contributed by atoms with Crippen LogP contribution in [0.5, 0.6) is 5.75 Å². The largest absolute Gasteiger partial charge is 0.488 e. The zero-order chi connectivity index (χ0) is 28.4. The van der Waals surface area contributed by atoms with Gasteiger partial charge < -0.3 is 24.8 Å². The molecule has 1 aromatic heterocycles. The predicted molar refractivity (Wildman–Crippen MR) is 153 cm³/mol. The topological polar surface area (TPSA) is 83.9 Å². The number of fused-ring (bicyclic) bond motifs is 1. The Balaban J connectivity index is 1.44. The number of hydrogen-bond donors (Lipinski definition) is 2. The van der Waals surface area contributed by atoms with Crippen molar-refractivity contribution in [1.82, 2.24) is 10.3 Å². The van der Waals surface area contributed by atoms with Gasteiger partial charge in [0.1, 0.15) is 24.0 Å². The molecule has 3 heterocycles. The Kier molecular flexibility index (Phi) is 8.10. The molecule has 2 aliphatic heterocycles. The lowest BCUT2D eigenvalue weighted by molar-refractivity contribution is -0.151. The van der Waals surface area contributed by atoms with Crippen molar-refractivity contribution in [3.8, 4) is 17.0 Å². The Morgan fingerprint density at radius 2 is 1.98 bits per heavy atom. The lowest BCUT2D eigenvalue weighted by Gasteiger charge is -2.33. The average Bonchev–Trinajstić information content (AvgIpc) is 3.07. The summed E-state index contributed by atoms with van der Waals surface area (Å²) in [5.74, 6) is 0.303.